The summed E-state index contributed by atoms with van der Waals surface area (Å²) in [6.07, 6.45) is 0. The highest BCUT2D eigenvalue weighted by Crippen LogP contribution is 2.17. The Bertz CT molecular complexity index is 423. The van der Waals surface area contributed by atoms with Crippen LogP contribution in [-0.2, 0) is 0 Å². The standard InChI is InChI=1S/C13H17FINO2/c1-8(2)12(7-15)16-13(17)10-5-4-9(18-3)6-11(10)14/h4-6,8,12H,7H2,1-3H3,(H,16,17). The Balaban J connectivity index is 2.84. The molecule has 1 amide bonds. The van der Waals surface area contributed by atoms with Crippen LogP contribution in [0.5, 0.6) is 5.75 Å². The molecule has 100 valence electrons. The van der Waals surface area contributed by atoms with Gasteiger partial charge in [0, 0.05) is 16.5 Å². The SMILES string of the molecule is COc1ccc(C(=O)NC(CI)C(C)C)c(F)c1. The van der Waals surface area contributed by atoms with E-state index >= 15 is 0 Å². The Morgan fingerprint density at radius 1 is 1.50 bits per heavy atom. The summed E-state index contributed by atoms with van der Waals surface area (Å²) in [7, 11) is 1.46. The highest BCUT2D eigenvalue weighted by atomic mass is 127. The van der Waals surface area contributed by atoms with Crippen LogP contribution >= 0.6 is 22.6 Å². The van der Waals surface area contributed by atoms with Crippen molar-refractivity contribution in [1.82, 2.24) is 5.32 Å². The molecular formula is C13H17FINO2. The van der Waals surface area contributed by atoms with Gasteiger partial charge in [-0.3, -0.25) is 4.79 Å². The van der Waals surface area contributed by atoms with E-state index in [1.165, 1.54) is 19.2 Å². The van der Waals surface area contributed by atoms with Gasteiger partial charge in [0.1, 0.15) is 11.6 Å². The minimum Gasteiger partial charge on any atom is -0.497 e. The molecule has 1 aromatic rings. The molecule has 0 heterocycles. The van der Waals surface area contributed by atoms with Crippen molar-refractivity contribution in [2.24, 2.45) is 5.92 Å². The highest BCUT2D eigenvalue weighted by molar-refractivity contribution is 14.1. The van der Waals surface area contributed by atoms with Gasteiger partial charge in [0.05, 0.1) is 12.7 Å². The molecule has 0 aliphatic heterocycles. The molecule has 0 aromatic heterocycles. The van der Waals surface area contributed by atoms with E-state index in [9.17, 15) is 9.18 Å². The van der Waals surface area contributed by atoms with E-state index in [1.807, 2.05) is 13.8 Å². The number of hydrogen-bond donors (Lipinski definition) is 1. The number of halogens is 2. The first-order valence-electron chi connectivity index (χ1n) is 5.70. The zero-order valence-electron chi connectivity index (χ0n) is 10.7. The number of amides is 1. The molecule has 1 unspecified atom stereocenters. The lowest BCUT2D eigenvalue weighted by Gasteiger charge is -2.20. The van der Waals surface area contributed by atoms with E-state index in [2.05, 4.69) is 27.9 Å². The average molecular weight is 365 g/mol. The van der Waals surface area contributed by atoms with Gasteiger partial charge in [-0.05, 0) is 18.1 Å². The Morgan fingerprint density at radius 2 is 2.17 bits per heavy atom. The molecule has 18 heavy (non-hydrogen) atoms. The van der Waals surface area contributed by atoms with Crippen LogP contribution in [0.3, 0.4) is 0 Å². The van der Waals surface area contributed by atoms with Gasteiger partial charge in [0.2, 0.25) is 0 Å². The van der Waals surface area contributed by atoms with Crippen molar-refractivity contribution in [3.8, 4) is 5.75 Å². The van der Waals surface area contributed by atoms with Gasteiger partial charge in [-0.1, -0.05) is 36.4 Å². The van der Waals surface area contributed by atoms with E-state index in [0.29, 0.717) is 11.7 Å². The second-order valence-corrected chi connectivity index (χ2v) is 5.20. The Hall–Kier alpha value is -0.850. The lowest BCUT2D eigenvalue weighted by Crippen LogP contribution is -2.40. The zero-order valence-corrected chi connectivity index (χ0v) is 12.8. The number of nitrogens with one attached hydrogen (secondary N) is 1. The topological polar surface area (TPSA) is 38.3 Å². The van der Waals surface area contributed by atoms with Crippen LogP contribution in [0, 0.1) is 11.7 Å². The van der Waals surface area contributed by atoms with E-state index in [0.717, 1.165) is 4.43 Å². The van der Waals surface area contributed by atoms with Crippen LogP contribution in [0.25, 0.3) is 0 Å². The van der Waals surface area contributed by atoms with E-state index in [-0.39, 0.29) is 17.5 Å². The maximum absolute atomic E-state index is 13.7. The number of ether oxygens (including phenoxy) is 1. The number of carbonyl (C=O) groups excluding carboxylic acids is 1. The zero-order chi connectivity index (χ0) is 13.7. The Labute approximate surface area is 120 Å². The molecule has 0 bridgehead atoms. The molecule has 1 N–H and O–H groups in total. The second kappa shape index (κ2) is 6.92. The molecule has 0 saturated heterocycles. The number of carbonyl (C=O) groups is 1. The summed E-state index contributed by atoms with van der Waals surface area (Å²) in [5.74, 6) is -0.237. The molecule has 0 radical (unpaired) electrons. The molecule has 1 aromatic carbocycles. The Kier molecular flexibility index (Phi) is 5.84. The fraction of sp³-hybridized carbons (Fsp3) is 0.462. The van der Waals surface area contributed by atoms with Gasteiger partial charge in [0.15, 0.2) is 0 Å². The number of rotatable bonds is 5. The van der Waals surface area contributed by atoms with Gasteiger partial charge in [-0.2, -0.15) is 0 Å². The van der Waals surface area contributed by atoms with Gasteiger partial charge in [-0.15, -0.1) is 0 Å². The fourth-order valence-electron chi connectivity index (χ4n) is 1.44. The van der Waals surface area contributed by atoms with Crippen LogP contribution in [-0.4, -0.2) is 23.5 Å². The van der Waals surface area contributed by atoms with E-state index in [1.54, 1.807) is 6.07 Å². The van der Waals surface area contributed by atoms with Crippen molar-refractivity contribution in [3.63, 3.8) is 0 Å². The van der Waals surface area contributed by atoms with E-state index in [4.69, 9.17) is 4.74 Å². The summed E-state index contributed by atoms with van der Waals surface area (Å²) >= 11 is 2.21. The minimum absolute atomic E-state index is 0.0413. The molecule has 1 atom stereocenters. The summed E-state index contributed by atoms with van der Waals surface area (Å²) in [6, 6.07) is 4.27. The van der Waals surface area contributed by atoms with Gasteiger partial charge in [0.25, 0.3) is 5.91 Å². The maximum Gasteiger partial charge on any atom is 0.254 e. The third kappa shape index (κ3) is 3.83. The molecule has 0 aliphatic carbocycles. The lowest BCUT2D eigenvalue weighted by molar-refractivity contribution is 0.0928. The molecule has 0 aliphatic rings. The maximum atomic E-state index is 13.7. The normalized spacial score (nSPS) is 12.3. The van der Waals surface area contributed by atoms with Crippen molar-refractivity contribution in [2.75, 3.05) is 11.5 Å². The summed E-state index contributed by atoms with van der Waals surface area (Å²) in [4.78, 5) is 11.9. The van der Waals surface area contributed by atoms with Crippen LogP contribution in [0.15, 0.2) is 18.2 Å². The minimum atomic E-state index is -0.567. The third-order valence-corrected chi connectivity index (χ3v) is 3.66. The lowest BCUT2D eigenvalue weighted by atomic mass is 10.1. The van der Waals surface area contributed by atoms with Crippen LogP contribution in [0.1, 0.15) is 24.2 Å². The van der Waals surface area contributed by atoms with Crippen molar-refractivity contribution in [3.05, 3.63) is 29.6 Å². The molecular weight excluding hydrogens is 348 g/mol. The van der Waals surface area contributed by atoms with Crippen molar-refractivity contribution < 1.29 is 13.9 Å². The van der Waals surface area contributed by atoms with Crippen LogP contribution in [0.4, 0.5) is 4.39 Å². The van der Waals surface area contributed by atoms with Crippen molar-refractivity contribution in [2.45, 2.75) is 19.9 Å². The van der Waals surface area contributed by atoms with Crippen molar-refractivity contribution in [1.29, 1.82) is 0 Å². The smallest absolute Gasteiger partial charge is 0.254 e. The first kappa shape index (κ1) is 15.2. The van der Waals surface area contributed by atoms with Gasteiger partial charge in [-0.25, -0.2) is 4.39 Å². The van der Waals surface area contributed by atoms with Gasteiger partial charge >= 0.3 is 0 Å². The predicted octanol–water partition coefficient (Wildman–Crippen LogP) is 3.02. The van der Waals surface area contributed by atoms with E-state index < -0.39 is 5.82 Å². The molecule has 5 heteroatoms. The van der Waals surface area contributed by atoms with Gasteiger partial charge < -0.3 is 10.1 Å². The monoisotopic (exact) mass is 365 g/mol. The van der Waals surface area contributed by atoms with Crippen LogP contribution < -0.4 is 10.1 Å². The molecule has 1 rings (SSSR count). The number of hydrogen-bond acceptors (Lipinski definition) is 2. The summed E-state index contributed by atoms with van der Waals surface area (Å²) < 4.78 is 19.4. The molecule has 0 fully saturated rings. The molecule has 3 nitrogen and oxygen atoms in total. The average Bonchev–Trinajstić information content (AvgIpc) is 2.34. The number of benzene rings is 1. The number of methoxy groups -OCH3 is 1. The van der Waals surface area contributed by atoms with Crippen LogP contribution in [0.2, 0.25) is 0 Å². The first-order valence-corrected chi connectivity index (χ1v) is 7.22. The largest absolute Gasteiger partial charge is 0.497 e. The highest BCUT2D eigenvalue weighted by Gasteiger charge is 2.18. The molecule has 0 spiro atoms. The predicted molar refractivity (Wildman–Crippen MR) is 77.9 cm³/mol. The summed E-state index contributed by atoms with van der Waals surface area (Å²) in [5, 5.41) is 2.83. The summed E-state index contributed by atoms with van der Waals surface area (Å²) in [6.45, 7) is 4.04. The first-order chi connectivity index (χ1) is 8.49. The third-order valence-electron chi connectivity index (χ3n) is 2.71. The second-order valence-electron chi connectivity index (χ2n) is 4.32. The van der Waals surface area contributed by atoms with Crippen molar-refractivity contribution >= 4 is 28.5 Å². The summed E-state index contributed by atoms with van der Waals surface area (Å²) in [5.41, 5.74) is 0.0475. The fourth-order valence-corrected chi connectivity index (χ4v) is 2.67. The molecule has 0 saturated carbocycles. The Morgan fingerprint density at radius 3 is 2.61 bits per heavy atom. The quantitative estimate of drug-likeness (QED) is 0.644. The number of alkyl halides is 1.